The van der Waals surface area contributed by atoms with Crippen molar-refractivity contribution < 1.29 is 19.4 Å². The Balaban J connectivity index is 2.49. The third-order valence-electron chi connectivity index (χ3n) is 3.20. The Morgan fingerprint density at radius 3 is 2.50 bits per heavy atom. The van der Waals surface area contributed by atoms with Crippen LogP contribution in [0.5, 0.6) is 0 Å². The molecule has 1 aliphatic carbocycles. The van der Waals surface area contributed by atoms with Gasteiger partial charge in [-0.25, -0.2) is 0 Å². The first kappa shape index (κ1) is 14.9. The van der Waals surface area contributed by atoms with Crippen molar-refractivity contribution in [2.24, 2.45) is 5.73 Å². The number of ether oxygens (including phenoxy) is 1. The molecule has 0 radical (unpaired) electrons. The molecule has 6 heteroatoms. The summed E-state index contributed by atoms with van der Waals surface area (Å²) in [4.78, 5) is 22.6. The van der Waals surface area contributed by atoms with Gasteiger partial charge in [0.1, 0.15) is 6.61 Å². The van der Waals surface area contributed by atoms with Crippen molar-refractivity contribution in [3.63, 3.8) is 0 Å². The second-order valence-electron chi connectivity index (χ2n) is 4.80. The number of carbonyl (C=O) groups is 2. The Bertz CT molecular complexity index is 288. The zero-order valence-electron chi connectivity index (χ0n) is 10.6. The van der Waals surface area contributed by atoms with E-state index in [9.17, 15) is 9.59 Å². The summed E-state index contributed by atoms with van der Waals surface area (Å²) in [5.41, 5.74) is 4.67. The summed E-state index contributed by atoms with van der Waals surface area (Å²) in [6.45, 7) is 0.644. The monoisotopic (exact) mass is 258 g/mol. The molecule has 0 unspecified atom stereocenters. The topological polar surface area (TPSA) is 102 Å². The predicted octanol–water partition coefficient (Wildman–Crippen LogP) is 0.255. The first-order chi connectivity index (χ1) is 8.58. The molecule has 0 spiro atoms. The number of nitrogens with one attached hydrogen (secondary N) is 1. The molecule has 4 N–H and O–H groups in total. The van der Waals surface area contributed by atoms with Gasteiger partial charge in [-0.05, 0) is 12.8 Å². The largest absolute Gasteiger partial charge is 0.481 e. The molecule has 1 rings (SSSR count). The van der Waals surface area contributed by atoms with E-state index in [1.807, 2.05) is 0 Å². The number of hydrogen-bond donors (Lipinski definition) is 3. The van der Waals surface area contributed by atoms with E-state index in [4.69, 9.17) is 15.6 Å². The number of rotatable bonds is 7. The average molecular weight is 258 g/mol. The second kappa shape index (κ2) is 7.33. The van der Waals surface area contributed by atoms with Crippen LogP contribution in [0.15, 0.2) is 0 Å². The molecule has 0 bridgehead atoms. The van der Waals surface area contributed by atoms with Crippen LogP contribution >= 0.6 is 0 Å². The Kier molecular flexibility index (Phi) is 6.07. The first-order valence-electron chi connectivity index (χ1n) is 6.39. The first-order valence-corrected chi connectivity index (χ1v) is 6.39. The summed E-state index contributed by atoms with van der Waals surface area (Å²) in [6, 6.07) is 0. The minimum atomic E-state index is -0.875. The van der Waals surface area contributed by atoms with Crippen molar-refractivity contribution in [1.82, 2.24) is 5.32 Å². The number of amides is 1. The molecule has 0 atom stereocenters. The number of carbonyl (C=O) groups excluding carboxylic acids is 1. The Morgan fingerprint density at radius 2 is 1.94 bits per heavy atom. The third-order valence-corrected chi connectivity index (χ3v) is 3.20. The van der Waals surface area contributed by atoms with Crippen molar-refractivity contribution in [3.8, 4) is 0 Å². The molecular weight excluding hydrogens is 236 g/mol. The van der Waals surface area contributed by atoms with E-state index in [1.54, 1.807) is 0 Å². The van der Waals surface area contributed by atoms with Gasteiger partial charge in [0, 0.05) is 6.54 Å². The maximum absolute atomic E-state index is 11.7. The lowest BCUT2D eigenvalue weighted by atomic mass is 9.79. The van der Waals surface area contributed by atoms with E-state index >= 15 is 0 Å². The Hall–Kier alpha value is -1.14. The highest BCUT2D eigenvalue weighted by Crippen LogP contribution is 2.31. The standard InChI is InChI=1S/C12H22N2O4/c13-6-7-18-9-10(15)14-12(8-11(16)17)4-2-1-3-5-12/h1-9,13H2,(H,14,15)(H,16,17). The normalized spacial score (nSPS) is 18.3. The number of aliphatic carboxylic acids is 1. The lowest BCUT2D eigenvalue weighted by Crippen LogP contribution is -2.52. The number of hydrogen-bond acceptors (Lipinski definition) is 4. The van der Waals surface area contributed by atoms with Crippen LogP contribution in [0.25, 0.3) is 0 Å². The summed E-state index contributed by atoms with van der Waals surface area (Å²) in [5.74, 6) is -1.13. The van der Waals surface area contributed by atoms with Crippen molar-refractivity contribution >= 4 is 11.9 Å². The molecule has 0 heterocycles. The molecule has 0 aromatic heterocycles. The third kappa shape index (κ3) is 5.01. The molecule has 104 valence electrons. The number of carboxylic acid groups (broad SMARTS) is 1. The van der Waals surface area contributed by atoms with Crippen LogP contribution in [0.1, 0.15) is 38.5 Å². The van der Waals surface area contributed by atoms with Gasteiger partial charge < -0.3 is 20.9 Å². The maximum Gasteiger partial charge on any atom is 0.305 e. The molecule has 18 heavy (non-hydrogen) atoms. The summed E-state index contributed by atoms with van der Waals surface area (Å²) in [6.07, 6.45) is 4.44. The highest BCUT2D eigenvalue weighted by molar-refractivity contribution is 5.79. The molecule has 0 aromatic carbocycles. The molecule has 1 saturated carbocycles. The summed E-state index contributed by atoms with van der Waals surface area (Å²) >= 11 is 0. The lowest BCUT2D eigenvalue weighted by Gasteiger charge is -2.37. The average Bonchev–Trinajstić information content (AvgIpc) is 2.29. The van der Waals surface area contributed by atoms with Crippen molar-refractivity contribution in [2.75, 3.05) is 19.8 Å². The van der Waals surface area contributed by atoms with Crippen LogP contribution < -0.4 is 11.1 Å². The van der Waals surface area contributed by atoms with Gasteiger partial charge in [0.15, 0.2) is 0 Å². The predicted molar refractivity (Wildman–Crippen MR) is 66.1 cm³/mol. The van der Waals surface area contributed by atoms with E-state index in [-0.39, 0.29) is 18.9 Å². The van der Waals surface area contributed by atoms with Gasteiger partial charge in [-0.3, -0.25) is 9.59 Å². The molecule has 0 aromatic rings. The summed E-state index contributed by atoms with van der Waals surface area (Å²) < 4.78 is 5.05. The van der Waals surface area contributed by atoms with Crippen LogP contribution in [-0.4, -0.2) is 42.3 Å². The van der Waals surface area contributed by atoms with Gasteiger partial charge in [0.05, 0.1) is 18.6 Å². The van der Waals surface area contributed by atoms with E-state index in [0.29, 0.717) is 13.2 Å². The minimum Gasteiger partial charge on any atom is -0.481 e. The highest BCUT2D eigenvalue weighted by Gasteiger charge is 2.35. The molecule has 0 aliphatic heterocycles. The molecule has 1 aliphatic rings. The zero-order valence-corrected chi connectivity index (χ0v) is 10.6. The van der Waals surface area contributed by atoms with Crippen LogP contribution in [0, 0.1) is 0 Å². The van der Waals surface area contributed by atoms with Gasteiger partial charge in [-0.2, -0.15) is 0 Å². The maximum atomic E-state index is 11.7. The van der Waals surface area contributed by atoms with Crippen molar-refractivity contribution in [2.45, 2.75) is 44.1 Å². The van der Waals surface area contributed by atoms with Crippen LogP contribution in [0.2, 0.25) is 0 Å². The van der Waals surface area contributed by atoms with Crippen LogP contribution in [0.3, 0.4) is 0 Å². The minimum absolute atomic E-state index is 0.0182. The van der Waals surface area contributed by atoms with Crippen molar-refractivity contribution in [1.29, 1.82) is 0 Å². The van der Waals surface area contributed by atoms with Gasteiger partial charge >= 0.3 is 5.97 Å². The smallest absolute Gasteiger partial charge is 0.305 e. The van der Waals surface area contributed by atoms with Gasteiger partial charge in [-0.1, -0.05) is 19.3 Å². The van der Waals surface area contributed by atoms with Gasteiger partial charge in [0.2, 0.25) is 5.91 Å². The number of nitrogens with two attached hydrogens (primary N) is 1. The Labute approximate surface area is 107 Å². The van der Waals surface area contributed by atoms with E-state index in [2.05, 4.69) is 5.32 Å². The Morgan fingerprint density at radius 1 is 1.28 bits per heavy atom. The van der Waals surface area contributed by atoms with Crippen LogP contribution in [-0.2, 0) is 14.3 Å². The lowest BCUT2D eigenvalue weighted by molar-refractivity contribution is -0.140. The fourth-order valence-corrected chi connectivity index (χ4v) is 2.44. The molecule has 1 amide bonds. The van der Waals surface area contributed by atoms with Crippen molar-refractivity contribution in [3.05, 3.63) is 0 Å². The van der Waals surface area contributed by atoms with Gasteiger partial charge in [0.25, 0.3) is 0 Å². The highest BCUT2D eigenvalue weighted by atomic mass is 16.5. The molecule has 6 nitrogen and oxygen atoms in total. The van der Waals surface area contributed by atoms with Crippen LogP contribution in [0.4, 0.5) is 0 Å². The zero-order chi connectivity index (χ0) is 13.4. The molecular formula is C12H22N2O4. The van der Waals surface area contributed by atoms with E-state index < -0.39 is 11.5 Å². The van der Waals surface area contributed by atoms with E-state index in [1.165, 1.54) is 0 Å². The van der Waals surface area contributed by atoms with Gasteiger partial charge in [-0.15, -0.1) is 0 Å². The fraction of sp³-hybridized carbons (Fsp3) is 0.833. The fourth-order valence-electron chi connectivity index (χ4n) is 2.44. The molecule has 1 fully saturated rings. The summed E-state index contributed by atoms with van der Waals surface area (Å²) in [7, 11) is 0. The summed E-state index contributed by atoms with van der Waals surface area (Å²) in [5, 5.41) is 11.8. The molecule has 0 saturated heterocycles. The number of carboxylic acids is 1. The SMILES string of the molecule is NCCOCC(=O)NC1(CC(=O)O)CCCCC1. The quantitative estimate of drug-likeness (QED) is 0.568. The van der Waals surface area contributed by atoms with E-state index in [0.717, 1.165) is 32.1 Å². The second-order valence-corrected chi connectivity index (χ2v) is 4.80.